The molecule has 1 aliphatic heterocycles. The molecule has 27 heavy (non-hydrogen) atoms. The number of carbonyl (C=O) groups is 2. The van der Waals surface area contributed by atoms with E-state index in [0.29, 0.717) is 23.9 Å². The van der Waals surface area contributed by atoms with Crippen molar-refractivity contribution < 1.29 is 14.3 Å². The summed E-state index contributed by atoms with van der Waals surface area (Å²) >= 11 is 12.2. The minimum atomic E-state index is -0.646. The zero-order chi connectivity index (χ0) is 19.4. The van der Waals surface area contributed by atoms with Crippen molar-refractivity contribution in [3.63, 3.8) is 0 Å². The second-order valence-corrected chi connectivity index (χ2v) is 8.00. The van der Waals surface area contributed by atoms with E-state index in [-0.39, 0.29) is 16.2 Å². The number of para-hydroxylation sites is 1. The fourth-order valence-electron chi connectivity index (χ4n) is 2.90. The van der Waals surface area contributed by atoms with Crippen molar-refractivity contribution in [3.05, 3.63) is 59.4 Å². The number of thiocarbonyl (C=S) groups is 1. The number of benzene rings is 1. The molecule has 2 atom stereocenters. The molecule has 0 saturated carbocycles. The second kappa shape index (κ2) is 8.82. The van der Waals surface area contributed by atoms with E-state index in [1.807, 2.05) is 13.0 Å². The van der Waals surface area contributed by atoms with Crippen LogP contribution >= 0.6 is 35.6 Å². The third kappa shape index (κ3) is 4.48. The number of rotatable bonds is 5. The molecule has 0 spiro atoms. The van der Waals surface area contributed by atoms with Crippen LogP contribution in [0.5, 0.6) is 0 Å². The summed E-state index contributed by atoms with van der Waals surface area (Å²) in [7, 11) is 0. The van der Waals surface area contributed by atoms with E-state index < -0.39 is 11.2 Å². The average molecular weight is 421 g/mol. The lowest BCUT2D eigenvalue weighted by atomic mass is 9.98. The molecule has 0 bridgehead atoms. The van der Waals surface area contributed by atoms with E-state index in [0.717, 1.165) is 17.3 Å². The molecule has 2 heterocycles. The van der Waals surface area contributed by atoms with Crippen molar-refractivity contribution in [2.75, 3.05) is 11.5 Å². The number of amides is 2. The monoisotopic (exact) mass is 420 g/mol. The van der Waals surface area contributed by atoms with Gasteiger partial charge in [0.2, 0.25) is 16.2 Å². The molecule has 8 heteroatoms. The summed E-state index contributed by atoms with van der Waals surface area (Å²) in [4.78, 5) is 31.4. The molecule has 0 unspecified atom stereocenters. The second-order valence-electron chi connectivity index (χ2n) is 5.87. The van der Waals surface area contributed by atoms with Gasteiger partial charge >= 0.3 is 0 Å². The molecule has 2 amide bonds. The van der Waals surface area contributed by atoms with Crippen LogP contribution in [0.2, 0.25) is 5.15 Å². The van der Waals surface area contributed by atoms with Gasteiger partial charge in [-0.2, -0.15) is 0 Å². The number of imide groups is 1. The van der Waals surface area contributed by atoms with Crippen LogP contribution in [0.1, 0.15) is 12.5 Å². The number of thioether (sulfide) groups is 1. The summed E-state index contributed by atoms with van der Waals surface area (Å²) in [6.07, 6.45) is 1.98. The number of hydrogen-bond acceptors (Lipinski definition) is 6. The van der Waals surface area contributed by atoms with Gasteiger partial charge in [-0.25, -0.2) is 9.88 Å². The SMILES string of the molecule is CCOC(=S)S[C@H]1C(=O)N(c2ccccc2)C(=O)[C@@H]1Cc1ccc(Cl)nc1. The van der Waals surface area contributed by atoms with Gasteiger partial charge in [-0.05, 0) is 49.3 Å². The largest absolute Gasteiger partial charge is 0.479 e. The smallest absolute Gasteiger partial charge is 0.248 e. The maximum Gasteiger partial charge on any atom is 0.248 e. The van der Waals surface area contributed by atoms with Crippen molar-refractivity contribution in [2.24, 2.45) is 5.92 Å². The van der Waals surface area contributed by atoms with Crippen molar-refractivity contribution >= 4 is 57.5 Å². The first-order valence-corrected chi connectivity index (χ1v) is 10.0. The van der Waals surface area contributed by atoms with Crippen LogP contribution in [0, 0.1) is 5.92 Å². The Labute approximate surface area is 172 Å². The van der Waals surface area contributed by atoms with Crippen LogP contribution in [0.25, 0.3) is 0 Å². The molecule has 1 saturated heterocycles. The standard InChI is InChI=1S/C19H17ClN2O3S2/c1-2-25-19(26)27-16-14(10-12-8-9-15(20)21-11-12)17(23)22(18(16)24)13-6-4-3-5-7-13/h3-9,11,14,16H,2,10H2,1H3/t14-,16-/m1/s1. The quantitative estimate of drug-likeness (QED) is 0.415. The van der Waals surface area contributed by atoms with Gasteiger partial charge in [0.25, 0.3) is 0 Å². The Morgan fingerprint density at radius 1 is 1.22 bits per heavy atom. The molecule has 1 aromatic carbocycles. The van der Waals surface area contributed by atoms with E-state index in [4.69, 9.17) is 28.6 Å². The van der Waals surface area contributed by atoms with Crippen molar-refractivity contribution in [1.82, 2.24) is 4.98 Å². The summed E-state index contributed by atoms with van der Waals surface area (Å²) in [5.41, 5.74) is 1.38. The van der Waals surface area contributed by atoms with Gasteiger partial charge in [0.05, 0.1) is 18.2 Å². The van der Waals surface area contributed by atoms with Gasteiger partial charge in [-0.3, -0.25) is 9.59 Å². The Bertz CT molecular complexity index is 846. The van der Waals surface area contributed by atoms with E-state index in [1.165, 1.54) is 4.90 Å². The lowest BCUT2D eigenvalue weighted by Crippen LogP contribution is -2.31. The number of anilines is 1. The molecule has 1 aliphatic rings. The highest BCUT2D eigenvalue weighted by atomic mass is 35.5. The minimum Gasteiger partial charge on any atom is -0.479 e. The Morgan fingerprint density at radius 3 is 2.59 bits per heavy atom. The lowest BCUT2D eigenvalue weighted by Gasteiger charge is -2.15. The number of pyridine rings is 1. The van der Waals surface area contributed by atoms with Crippen LogP contribution in [0.15, 0.2) is 48.7 Å². The first kappa shape index (κ1) is 19.8. The Morgan fingerprint density at radius 2 is 1.96 bits per heavy atom. The van der Waals surface area contributed by atoms with Crippen LogP contribution in [-0.4, -0.2) is 33.0 Å². The van der Waals surface area contributed by atoms with Gasteiger partial charge in [0, 0.05) is 6.20 Å². The van der Waals surface area contributed by atoms with Gasteiger partial charge < -0.3 is 4.74 Å². The van der Waals surface area contributed by atoms with Gasteiger partial charge in [-0.1, -0.05) is 47.6 Å². The number of ether oxygens (including phenoxy) is 1. The molecule has 0 N–H and O–H groups in total. The third-order valence-electron chi connectivity index (χ3n) is 4.11. The summed E-state index contributed by atoms with van der Waals surface area (Å²) in [6, 6.07) is 12.4. The lowest BCUT2D eigenvalue weighted by molar-refractivity contribution is -0.122. The maximum atomic E-state index is 13.1. The highest BCUT2D eigenvalue weighted by molar-refractivity contribution is 8.23. The molecule has 3 rings (SSSR count). The van der Waals surface area contributed by atoms with Crippen LogP contribution < -0.4 is 4.90 Å². The highest BCUT2D eigenvalue weighted by Gasteiger charge is 2.49. The molecule has 5 nitrogen and oxygen atoms in total. The summed E-state index contributed by atoms with van der Waals surface area (Å²) in [5.74, 6) is -1.10. The van der Waals surface area contributed by atoms with E-state index in [9.17, 15) is 9.59 Å². The molecule has 0 aliphatic carbocycles. The third-order valence-corrected chi connectivity index (χ3v) is 5.84. The Balaban J connectivity index is 1.90. The van der Waals surface area contributed by atoms with Crippen LogP contribution in [0.3, 0.4) is 0 Å². The summed E-state index contributed by atoms with van der Waals surface area (Å²) < 4.78 is 5.59. The van der Waals surface area contributed by atoms with Crippen molar-refractivity contribution in [1.29, 1.82) is 0 Å². The molecular weight excluding hydrogens is 404 g/mol. The van der Waals surface area contributed by atoms with E-state index in [2.05, 4.69) is 4.98 Å². The summed E-state index contributed by atoms with van der Waals surface area (Å²) in [5, 5.41) is -0.269. The zero-order valence-corrected chi connectivity index (χ0v) is 16.9. The fraction of sp³-hybridized carbons (Fsp3) is 0.263. The maximum absolute atomic E-state index is 13.1. The summed E-state index contributed by atoms with van der Waals surface area (Å²) in [6.45, 7) is 2.23. The number of halogens is 1. The van der Waals surface area contributed by atoms with E-state index in [1.54, 1.807) is 42.6 Å². The number of hydrogen-bond donors (Lipinski definition) is 0. The van der Waals surface area contributed by atoms with E-state index >= 15 is 0 Å². The zero-order valence-electron chi connectivity index (χ0n) is 14.5. The molecule has 1 aromatic heterocycles. The van der Waals surface area contributed by atoms with Gasteiger partial charge in [0.15, 0.2) is 0 Å². The molecule has 0 radical (unpaired) electrons. The Kier molecular flexibility index (Phi) is 6.46. The molecule has 140 valence electrons. The number of carbonyl (C=O) groups excluding carboxylic acids is 2. The first-order valence-electron chi connectivity index (χ1n) is 8.38. The van der Waals surface area contributed by atoms with Crippen molar-refractivity contribution in [2.45, 2.75) is 18.6 Å². The Hall–Kier alpha value is -1.96. The average Bonchev–Trinajstić information content (AvgIpc) is 2.88. The van der Waals surface area contributed by atoms with Gasteiger partial charge in [0.1, 0.15) is 10.4 Å². The number of nitrogens with zero attached hydrogens (tertiary/aromatic N) is 2. The number of aromatic nitrogens is 1. The van der Waals surface area contributed by atoms with Crippen LogP contribution in [0.4, 0.5) is 5.69 Å². The molecule has 1 fully saturated rings. The van der Waals surface area contributed by atoms with Crippen molar-refractivity contribution in [3.8, 4) is 0 Å². The molecular formula is C19H17ClN2O3S2. The predicted octanol–water partition coefficient (Wildman–Crippen LogP) is 3.89. The predicted molar refractivity (Wildman–Crippen MR) is 111 cm³/mol. The first-order chi connectivity index (χ1) is 13.0. The minimum absolute atomic E-state index is 0.252. The molecule has 2 aromatic rings. The van der Waals surface area contributed by atoms with Crippen LogP contribution in [-0.2, 0) is 20.7 Å². The normalized spacial score (nSPS) is 19.4. The fourth-order valence-corrected chi connectivity index (χ4v) is 4.42. The topological polar surface area (TPSA) is 59.5 Å². The van der Waals surface area contributed by atoms with Gasteiger partial charge in [-0.15, -0.1) is 0 Å². The highest BCUT2D eigenvalue weighted by Crippen LogP contribution is 2.36.